The van der Waals surface area contributed by atoms with Crippen LogP contribution in [0.3, 0.4) is 0 Å². The molecule has 2 radical (unpaired) electrons. The molecule has 0 unspecified atom stereocenters. The number of nitrogens with one attached hydrogen (secondary N) is 1. The zero-order chi connectivity index (χ0) is 6.99. The Morgan fingerprint density at radius 3 is 2.00 bits per heavy atom. The number of carbonyl (C=O) groups is 1. The maximum absolute atomic E-state index is 9.94. The van der Waals surface area contributed by atoms with E-state index in [1.807, 2.05) is 13.8 Å². The minimum absolute atomic E-state index is 0.0799. The van der Waals surface area contributed by atoms with Gasteiger partial charge in [0.25, 0.3) is 0 Å². The summed E-state index contributed by atoms with van der Waals surface area (Å²) in [5.74, 6) is -0.130. The van der Waals surface area contributed by atoms with Crippen molar-refractivity contribution in [3.63, 3.8) is 0 Å². The Kier molecular flexibility index (Phi) is 12.8. The molecule has 8 heavy (non-hydrogen) atoms. The molecule has 0 saturated carbocycles. The fourth-order valence-electron chi connectivity index (χ4n) is 0.102. The summed E-state index contributed by atoms with van der Waals surface area (Å²) in [6.45, 7) is 4.00. The summed E-state index contributed by atoms with van der Waals surface area (Å²) in [6, 6.07) is 0. The van der Waals surface area contributed by atoms with Gasteiger partial charge >= 0.3 is 0 Å². The second-order valence-corrected chi connectivity index (χ2v) is 0.877. The Hall–Kier alpha value is -0.465. The van der Waals surface area contributed by atoms with E-state index in [-0.39, 0.29) is 12.2 Å². The van der Waals surface area contributed by atoms with Gasteiger partial charge < -0.3 is 5.32 Å². The first-order valence-corrected chi connectivity index (χ1v) is 2.72. The first-order chi connectivity index (χ1) is 3.81. The van der Waals surface area contributed by atoms with E-state index < -0.39 is 0 Å². The summed E-state index contributed by atoms with van der Waals surface area (Å²) in [5, 5.41) is 2.35. The van der Waals surface area contributed by atoms with E-state index in [1.54, 1.807) is 7.05 Å². The van der Waals surface area contributed by atoms with Crippen molar-refractivity contribution in [3.8, 4) is 0 Å². The fraction of sp³-hybridized carbons (Fsp3) is 0.800. The van der Waals surface area contributed by atoms with Crippen LogP contribution in [0.5, 0.6) is 0 Å². The van der Waals surface area contributed by atoms with Crippen molar-refractivity contribution in [2.24, 2.45) is 0 Å². The summed E-state index contributed by atoms with van der Waals surface area (Å²) < 4.78 is 0. The zero-order valence-corrected chi connectivity index (χ0v) is 5.69. The van der Waals surface area contributed by atoms with Crippen LogP contribution in [0, 0.1) is 0 Å². The third kappa shape index (κ3) is 9.11. The summed E-state index contributed by atoms with van der Waals surface area (Å²) in [5.41, 5.74) is 0. The van der Waals surface area contributed by atoms with E-state index in [0.717, 1.165) is 0 Å². The molecule has 0 aliphatic rings. The summed E-state index contributed by atoms with van der Waals surface area (Å²) in [4.78, 5) is 9.94. The molecule has 1 amide bonds. The minimum Gasteiger partial charge on any atom is -0.360 e. The number of rotatable bonds is 1. The molecule has 46 valence electrons. The van der Waals surface area contributed by atoms with Crippen LogP contribution < -0.4 is 5.32 Å². The lowest BCUT2D eigenvalue weighted by Gasteiger charge is -1.87. The van der Waals surface area contributed by atoms with Gasteiger partial charge in [-0.15, -0.1) is 0 Å². The topological polar surface area (TPSA) is 29.1 Å². The van der Waals surface area contributed by atoms with E-state index in [2.05, 4.69) is 5.32 Å². The Morgan fingerprint density at radius 2 is 2.00 bits per heavy atom. The van der Waals surface area contributed by atoms with E-state index >= 15 is 0 Å². The van der Waals surface area contributed by atoms with Gasteiger partial charge in [0.05, 0.1) is 7.85 Å². The molecule has 0 aromatic heterocycles. The van der Waals surface area contributed by atoms with Crippen LogP contribution in [0.15, 0.2) is 0 Å². The third-order valence-corrected chi connectivity index (χ3v) is 0.464. The second-order valence-electron chi connectivity index (χ2n) is 0.877. The molecule has 0 aromatic carbocycles. The Labute approximate surface area is 52.1 Å². The van der Waals surface area contributed by atoms with Crippen LogP contribution in [-0.2, 0) is 4.79 Å². The summed E-state index contributed by atoms with van der Waals surface area (Å²) in [6.07, 6.45) is 0.0799. The first-order valence-electron chi connectivity index (χ1n) is 2.72. The van der Waals surface area contributed by atoms with Gasteiger partial charge in [-0.25, -0.2) is 0 Å². The summed E-state index contributed by atoms with van der Waals surface area (Å²) >= 11 is 0. The van der Waals surface area contributed by atoms with Gasteiger partial charge in [0.15, 0.2) is 0 Å². The molecule has 0 rings (SSSR count). The van der Waals surface area contributed by atoms with Gasteiger partial charge in [-0.3, -0.25) is 4.79 Å². The maximum atomic E-state index is 9.94. The van der Waals surface area contributed by atoms with Crippen molar-refractivity contribution in [3.05, 3.63) is 0 Å². The normalized spacial score (nSPS) is 6.38. The van der Waals surface area contributed by atoms with E-state index in [4.69, 9.17) is 7.85 Å². The zero-order valence-electron chi connectivity index (χ0n) is 5.69. The van der Waals surface area contributed by atoms with Crippen molar-refractivity contribution in [2.45, 2.75) is 20.2 Å². The highest BCUT2D eigenvalue weighted by Gasteiger charge is 1.84. The highest BCUT2D eigenvalue weighted by molar-refractivity contribution is 6.19. The SMILES string of the molecule is CC.[B]CC(=O)NC. The van der Waals surface area contributed by atoms with Crippen molar-refractivity contribution in [1.29, 1.82) is 0 Å². The van der Waals surface area contributed by atoms with E-state index in [1.165, 1.54) is 0 Å². The number of carbonyl (C=O) groups excluding carboxylic acids is 1. The summed E-state index contributed by atoms with van der Waals surface area (Å²) in [7, 11) is 6.42. The van der Waals surface area contributed by atoms with Crippen molar-refractivity contribution in [1.82, 2.24) is 5.32 Å². The average molecular weight is 113 g/mol. The molecular formula is C5H12BNO. The molecular weight excluding hydrogens is 101 g/mol. The highest BCUT2D eigenvalue weighted by atomic mass is 16.1. The molecule has 0 fully saturated rings. The van der Waals surface area contributed by atoms with Gasteiger partial charge in [-0.05, 0) is 6.32 Å². The van der Waals surface area contributed by atoms with Crippen LogP contribution >= 0.6 is 0 Å². The Morgan fingerprint density at radius 1 is 1.62 bits per heavy atom. The number of hydrogen-bond donors (Lipinski definition) is 1. The van der Waals surface area contributed by atoms with Crippen molar-refractivity contribution < 1.29 is 4.79 Å². The molecule has 0 bridgehead atoms. The molecule has 1 N–H and O–H groups in total. The molecule has 0 aromatic rings. The van der Waals surface area contributed by atoms with Gasteiger partial charge in [0.2, 0.25) is 5.91 Å². The van der Waals surface area contributed by atoms with Gasteiger partial charge in [0.1, 0.15) is 0 Å². The largest absolute Gasteiger partial charge is 0.360 e. The van der Waals surface area contributed by atoms with E-state index in [0.29, 0.717) is 0 Å². The molecule has 0 heterocycles. The van der Waals surface area contributed by atoms with Crippen LogP contribution in [0.4, 0.5) is 0 Å². The smallest absolute Gasteiger partial charge is 0.211 e. The monoisotopic (exact) mass is 113 g/mol. The van der Waals surface area contributed by atoms with Gasteiger partial charge in [-0.1, -0.05) is 13.8 Å². The fourth-order valence-corrected chi connectivity index (χ4v) is 0.102. The van der Waals surface area contributed by atoms with E-state index in [9.17, 15) is 4.79 Å². The molecule has 2 nitrogen and oxygen atoms in total. The Bertz CT molecular complexity index is 50.4. The van der Waals surface area contributed by atoms with Crippen molar-refractivity contribution in [2.75, 3.05) is 7.05 Å². The molecule has 0 aliphatic heterocycles. The predicted octanol–water partition coefficient (Wildman–Crippen LogP) is 0.345. The minimum atomic E-state index is -0.130. The molecule has 0 aliphatic carbocycles. The standard InChI is InChI=1S/C3H6BNO.C2H6/c1-5-3(6)2-4;1-2/h2H2,1H3,(H,5,6);1-2H3. The highest BCUT2D eigenvalue weighted by Crippen LogP contribution is 1.64. The molecule has 3 heteroatoms. The van der Waals surface area contributed by atoms with Crippen LogP contribution in [-0.4, -0.2) is 20.8 Å². The van der Waals surface area contributed by atoms with Crippen LogP contribution in [0.25, 0.3) is 0 Å². The first kappa shape index (κ1) is 10.5. The average Bonchev–Trinajstić information content (AvgIpc) is 1.91. The molecule has 0 saturated heterocycles. The Balaban J connectivity index is 0. The lowest BCUT2D eigenvalue weighted by molar-refractivity contribution is -0.118. The quantitative estimate of drug-likeness (QED) is 0.488. The number of hydrogen-bond acceptors (Lipinski definition) is 1. The third-order valence-electron chi connectivity index (χ3n) is 0.464. The van der Waals surface area contributed by atoms with Crippen LogP contribution in [0.2, 0.25) is 6.32 Å². The lowest BCUT2D eigenvalue weighted by Crippen LogP contribution is -2.15. The number of amides is 1. The van der Waals surface area contributed by atoms with Gasteiger partial charge in [0, 0.05) is 7.05 Å². The predicted molar refractivity (Wildman–Crippen MR) is 36.0 cm³/mol. The molecule has 0 atom stereocenters. The van der Waals surface area contributed by atoms with Crippen molar-refractivity contribution >= 4 is 13.8 Å². The van der Waals surface area contributed by atoms with Crippen LogP contribution in [0.1, 0.15) is 13.8 Å². The van der Waals surface area contributed by atoms with Gasteiger partial charge in [-0.2, -0.15) is 0 Å². The maximum Gasteiger partial charge on any atom is 0.211 e. The lowest BCUT2D eigenvalue weighted by atomic mass is 10.1. The molecule has 0 spiro atoms. The second kappa shape index (κ2) is 9.73.